The molecular weight excluding hydrogens is 340 g/mol. The van der Waals surface area contributed by atoms with Crippen molar-refractivity contribution >= 4 is 29.1 Å². The predicted molar refractivity (Wildman–Crippen MR) is 93.1 cm³/mol. The number of aryl methyl sites for hydroxylation is 1. The Hall–Kier alpha value is -2.73. The molecule has 6 nitrogen and oxygen atoms in total. The minimum Gasteiger partial charge on any atom is -0.271 e. The summed E-state index contributed by atoms with van der Waals surface area (Å²) >= 11 is 6.19. The van der Waals surface area contributed by atoms with E-state index in [-0.39, 0.29) is 11.8 Å². The topological polar surface area (TPSA) is 65.3 Å². The highest BCUT2D eigenvalue weighted by Gasteiger charge is 2.54. The van der Waals surface area contributed by atoms with Crippen LogP contribution in [0.5, 0.6) is 0 Å². The molecule has 2 aromatic rings. The summed E-state index contributed by atoms with van der Waals surface area (Å²) in [6, 6.07) is 13.1. The van der Waals surface area contributed by atoms with E-state index in [1.165, 1.54) is 4.90 Å². The Labute approximate surface area is 149 Å². The molecule has 1 fully saturated rings. The van der Waals surface area contributed by atoms with Crippen molar-refractivity contribution in [3.63, 3.8) is 0 Å². The van der Waals surface area contributed by atoms with Gasteiger partial charge in [0, 0.05) is 5.02 Å². The van der Waals surface area contributed by atoms with Gasteiger partial charge in [-0.05, 0) is 30.7 Å². The van der Waals surface area contributed by atoms with Crippen LogP contribution in [0.25, 0.3) is 0 Å². The number of imide groups is 1. The van der Waals surface area contributed by atoms with E-state index in [2.05, 4.69) is 10.3 Å². The first-order valence-electron chi connectivity index (χ1n) is 7.91. The fraction of sp³-hybridized carbons (Fsp3) is 0.222. The normalized spacial score (nSPS) is 22.0. The smallest absolute Gasteiger partial charge is 0.263 e. The lowest BCUT2D eigenvalue weighted by Crippen LogP contribution is -2.39. The molecule has 0 spiro atoms. The van der Waals surface area contributed by atoms with Crippen molar-refractivity contribution in [1.29, 1.82) is 0 Å². The van der Waals surface area contributed by atoms with Crippen LogP contribution < -0.4 is 4.90 Å². The monoisotopic (exact) mass is 354 g/mol. The zero-order valence-electron chi connectivity index (χ0n) is 13.5. The first-order chi connectivity index (χ1) is 12.1. The number of halogens is 1. The van der Waals surface area contributed by atoms with E-state index in [0.29, 0.717) is 17.3 Å². The largest absolute Gasteiger partial charge is 0.271 e. The van der Waals surface area contributed by atoms with Crippen LogP contribution in [0.15, 0.2) is 58.9 Å². The summed E-state index contributed by atoms with van der Waals surface area (Å²) in [5.41, 5.74) is 2.45. The van der Waals surface area contributed by atoms with Crippen molar-refractivity contribution in [3.05, 3.63) is 64.7 Å². The molecule has 0 N–H and O–H groups in total. The number of rotatable bonds is 3. The number of hydrogen-bond donors (Lipinski definition) is 0. The average Bonchev–Trinajstić information content (AvgIpc) is 3.12. The number of benzene rings is 2. The average molecular weight is 355 g/mol. The van der Waals surface area contributed by atoms with Crippen LogP contribution in [0, 0.1) is 6.92 Å². The molecule has 25 heavy (non-hydrogen) atoms. The van der Waals surface area contributed by atoms with Crippen LogP contribution in [-0.4, -0.2) is 28.9 Å². The lowest BCUT2D eigenvalue weighted by atomic mass is 10.1. The molecule has 0 bridgehead atoms. The summed E-state index contributed by atoms with van der Waals surface area (Å²) in [7, 11) is 0. The highest BCUT2D eigenvalue weighted by molar-refractivity contribution is 6.31. The summed E-state index contributed by atoms with van der Waals surface area (Å²) in [4.78, 5) is 26.7. The zero-order valence-corrected chi connectivity index (χ0v) is 14.2. The second-order valence-electron chi connectivity index (χ2n) is 6.13. The van der Waals surface area contributed by atoms with Gasteiger partial charge in [-0.3, -0.25) is 14.6 Å². The number of fused-ring (bicyclic) bond motifs is 1. The maximum atomic E-state index is 12.9. The molecule has 0 aromatic heterocycles. The molecule has 2 aliphatic rings. The van der Waals surface area contributed by atoms with Crippen molar-refractivity contribution in [1.82, 2.24) is 5.01 Å². The Morgan fingerprint density at radius 2 is 1.76 bits per heavy atom. The van der Waals surface area contributed by atoms with Gasteiger partial charge < -0.3 is 0 Å². The first kappa shape index (κ1) is 15.8. The van der Waals surface area contributed by atoms with Gasteiger partial charge in [-0.2, -0.15) is 5.11 Å². The molecule has 126 valence electrons. The number of carbonyl (C=O) groups is 2. The summed E-state index contributed by atoms with van der Waals surface area (Å²) in [6.45, 7) is 2.27. The van der Waals surface area contributed by atoms with Crippen molar-refractivity contribution in [2.24, 2.45) is 10.3 Å². The molecule has 0 radical (unpaired) electrons. The van der Waals surface area contributed by atoms with E-state index in [0.717, 1.165) is 11.1 Å². The van der Waals surface area contributed by atoms with Crippen molar-refractivity contribution in [2.45, 2.75) is 25.6 Å². The molecule has 0 unspecified atom stereocenters. The van der Waals surface area contributed by atoms with Crippen molar-refractivity contribution in [2.75, 3.05) is 4.90 Å². The van der Waals surface area contributed by atoms with Crippen LogP contribution in [-0.2, 0) is 16.1 Å². The minimum atomic E-state index is -0.795. The molecule has 4 rings (SSSR count). The molecule has 0 aliphatic carbocycles. The first-order valence-corrected chi connectivity index (χ1v) is 8.29. The van der Waals surface area contributed by atoms with Crippen LogP contribution >= 0.6 is 11.6 Å². The van der Waals surface area contributed by atoms with E-state index in [4.69, 9.17) is 11.6 Å². The fourth-order valence-electron chi connectivity index (χ4n) is 3.10. The Bertz CT molecular complexity index is 881. The Kier molecular flexibility index (Phi) is 3.77. The van der Waals surface area contributed by atoms with Gasteiger partial charge in [0.15, 0.2) is 12.1 Å². The molecule has 2 heterocycles. The number of amides is 2. The van der Waals surface area contributed by atoms with Gasteiger partial charge in [0.05, 0.1) is 12.2 Å². The highest BCUT2D eigenvalue weighted by Crippen LogP contribution is 2.33. The molecule has 1 saturated heterocycles. The third-order valence-corrected chi connectivity index (χ3v) is 4.81. The third kappa shape index (κ3) is 2.59. The van der Waals surface area contributed by atoms with E-state index < -0.39 is 12.1 Å². The SMILES string of the molecule is Cc1ccc(N2C(=O)[C@H]3N=NN(Cc4ccccc4Cl)[C@H]3C2=O)cc1. The maximum Gasteiger partial charge on any atom is 0.263 e. The second kappa shape index (κ2) is 5.97. The number of nitrogens with zero attached hydrogens (tertiary/aromatic N) is 4. The minimum absolute atomic E-state index is 0.309. The van der Waals surface area contributed by atoms with Gasteiger partial charge in [-0.1, -0.05) is 52.7 Å². The van der Waals surface area contributed by atoms with E-state index >= 15 is 0 Å². The van der Waals surface area contributed by atoms with E-state index in [1.54, 1.807) is 23.2 Å². The quantitative estimate of drug-likeness (QED) is 0.795. The van der Waals surface area contributed by atoms with Crippen molar-refractivity contribution in [3.8, 4) is 0 Å². The summed E-state index contributed by atoms with van der Waals surface area (Å²) in [5, 5.41) is 10.2. The Morgan fingerprint density at radius 1 is 1.04 bits per heavy atom. The fourth-order valence-corrected chi connectivity index (χ4v) is 3.30. The molecule has 2 aliphatic heterocycles. The van der Waals surface area contributed by atoms with Crippen LogP contribution in [0.3, 0.4) is 0 Å². The van der Waals surface area contributed by atoms with Gasteiger partial charge in [0.2, 0.25) is 0 Å². The number of hydrogen-bond acceptors (Lipinski definition) is 5. The van der Waals surface area contributed by atoms with Gasteiger partial charge in [-0.15, -0.1) is 0 Å². The summed E-state index contributed by atoms with van der Waals surface area (Å²) < 4.78 is 0. The Morgan fingerprint density at radius 3 is 2.48 bits per heavy atom. The van der Waals surface area contributed by atoms with Gasteiger partial charge >= 0.3 is 0 Å². The lowest BCUT2D eigenvalue weighted by molar-refractivity contribution is -0.123. The van der Waals surface area contributed by atoms with E-state index in [9.17, 15) is 9.59 Å². The van der Waals surface area contributed by atoms with Gasteiger partial charge in [0.1, 0.15) is 0 Å². The maximum absolute atomic E-state index is 12.9. The summed E-state index contributed by atoms with van der Waals surface area (Å²) in [5.74, 6) is -0.653. The Balaban J connectivity index is 1.62. The molecular formula is C18H15ClN4O2. The van der Waals surface area contributed by atoms with Gasteiger partial charge in [0.25, 0.3) is 11.8 Å². The second-order valence-corrected chi connectivity index (χ2v) is 6.54. The molecule has 2 amide bonds. The molecule has 7 heteroatoms. The van der Waals surface area contributed by atoms with Crippen LogP contribution in [0.1, 0.15) is 11.1 Å². The van der Waals surface area contributed by atoms with Gasteiger partial charge in [-0.25, -0.2) is 4.90 Å². The third-order valence-electron chi connectivity index (χ3n) is 4.44. The number of carbonyl (C=O) groups excluding carboxylic acids is 2. The summed E-state index contributed by atoms with van der Waals surface area (Å²) in [6.07, 6.45) is 0. The predicted octanol–water partition coefficient (Wildman–Crippen LogP) is 3.14. The van der Waals surface area contributed by atoms with Crippen molar-refractivity contribution < 1.29 is 9.59 Å². The van der Waals surface area contributed by atoms with Crippen LogP contribution in [0.4, 0.5) is 5.69 Å². The molecule has 2 aromatic carbocycles. The highest BCUT2D eigenvalue weighted by atomic mass is 35.5. The molecule has 0 saturated carbocycles. The van der Waals surface area contributed by atoms with E-state index in [1.807, 2.05) is 37.3 Å². The number of anilines is 1. The van der Waals surface area contributed by atoms with Crippen LogP contribution in [0.2, 0.25) is 5.02 Å². The molecule has 2 atom stereocenters. The lowest BCUT2D eigenvalue weighted by Gasteiger charge is -2.21. The zero-order chi connectivity index (χ0) is 17.6. The standard InChI is InChI=1S/C18H15ClN4O2/c1-11-6-8-13(9-7-11)23-17(24)15-16(18(23)25)22(21-20-15)10-12-4-2-3-5-14(12)19/h2-9,15-16H,10H2,1H3/t15-,16+/m0/s1.